The summed E-state index contributed by atoms with van der Waals surface area (Å²) < 4.78 is 19.1. The van der Waals surface area contributed by atoms with Gasteiger partial charge >= 0.3 is 0 Å². The second-order valence-corrected chi connectivity index (χ2v) is 5.54. The standard InChI is InChI=1S/C14H18FNOS/c1-17-7-3-2-4-12(16)14-8-10-5-6-11(15)9-13(10)18-14/h5-6,8-9,12H,2-4,7,16H2,1H3. The Morgan fingerprint density at radius 3 is 2.94 bits per heavy atom. The van der Waals surface area contributed by atoms with Crippen LogP contribution in [0.4, 0.5) is 4.39 Å². The number of nitrogens with two attached hydrogens (primary N) is 1. The van der Waals surface area contributed by atoms with Gasteiger partial charge < -0.3 is 10.5 Å². The summed E-state index contributed by atoms with van der Waals surface area (Å²) in [5, 5.41) is 1.07. The lowest BCUT2D eigenvalue weighted by molar-refractivity contribution is 0.191. The minimum Gasteiger partial charge on any atom is -0.385 e. The fourth-order valence-electron chi connectivity index (χ4n) is 1.96. The van der Waals surface area contributed by atoms with Crippen molar-refractivity contribution in [3.63, 3.8) is 0 Å². The maximum absolute atomic E-state index is 13.1. The van der Waals surface area contributed by atoms with E-state index in [4.69, 9.17) is 10.5 Å². The Balaban J connectivity index is 2.01. The average molecular weight is 267 g/mol. The first kappa shape index (κ1) is 13.5. The summed E-state index contributed by atoms with van der Waals surface area (Å²) >= 11 is 1.59. The number of rotatable bonds is 6. The van der Waals surface area contributed by atoms with Gasteiger partial charge in [-0.25, -0.2) is 4.39 Å². The van der Waals surface area contributed by atoms with Crippen molar-refractivity contribution in [1.29, 1.82) is 0 Å². The number of halogens is 1. The topological polar surface area (TPSA) is 35.2 Å². The molecule has 1 atom stereocenters. The normalized spacial score (nSPS) is 13.1. The second-order valence-electron chi connectivity index (χ2n) is 4.43. The van der Waals surface area contributed by atoms with Crippen molar-refractivity contribution in [2.75, 3.05) is 13.7 Å². The lowest BCUT2D eigenvalue weighted by atomic mass is 10.1. The molecule has 1 unspecified atom stereocenters. The molecule has 0 amide bonds. The van der Waals surface area contributed by atoms with Gasteiger partial charge in [0.05, 0.1) is 0 Å². The first-order chi connectivity index (χ1) is 8.70. The Labute approximate surface area is 111 Å². The summed E-state index contributed by atoms with van der Waals surface area (Å²) in [6.07, 6.45) is 3.03. The Bertz CT molecular complexity index is 511. The lowest BCUT2D eigenvalue weighted by Gasteiger charge is -2.08. The number of hydrogen-bond donors (Lipinski definition) is 1. The minimum absolute atomic E-state index is 0.0438. The Kier molecular flexibility index (Phi) is 4.69. The number of fused-ring (bicyclic) bond motifs is 1. The van der Waals surface area contributed by atoms with Crippen LogP contribution in [0.2, 0.25) is 0 Å². The molecule has 0 aliphatic carbocycles. The van der Waals surface area contributed by atoms with Gasteiger partial charge in [-0.15, -0.1) is 11.3 Å². The Morgan fingerprint density at radius 2 is 2.17 bits per heavy atom. The van der Waals surface area contributed by atoms with Crippen molar-refractivity contribution in [3.8, 4) is 0 Å². The molecule has 98 valence electrons. The molecule has 1 aromatic heterocycles. The van der Waals surface area contributed by atoms with Crippen molar-refractivity contribution in [2.24, 2.45) is 5.73 Å². The van der Waals surface area contributed by atoms with E-state index in [-0.39, 0.29) is 11.9 Å². The molecular weight excluding hydrogens is 249 g/mol. The molecule has 1 aromatic carbocycles. The van der Waals surface area contributed by atoms with E-state index in [2.05, 4.69) is 6.07 Å². The van der Waals surface area contributed by atoms with Crippen LogP contribution in [0.25, 0.3) is 10.1 Å². The van der Waals surface area contributed by atoms with Crippen LogP contribution in [0.15, 0.2) is 24.3 Å². The van der Waals surface area contributed by atoms with Crippen LogP contribution in [0.1, 0.15) is 30.2 Å². The Morgan fingerprint density at radius 1 is 1.33 bits per heavy atom. The molecule has 0 spiro atoms. The van der Waals surface area contributed by atoms with Gasteiger partial charge in [0.2, 0.25) is 0 Å². The minimum atomic E-state index is -0.190. The van der Waals surface area contributed by atoms with Crippen molar-refractivity contribution < 1.29 is 9.13 Å². The molecular formula is C14H18FNOS. The number of ether oxygens (including phenoxy) is 1. The van der Waals surface area contributed by atoms with E-state index < -0.39 is 0 Å². The van der Waals surface area contributed by atoms with Gasteiger partial charge in [0.15, 0.2) is 0 Å². The zero-order chi connectivity index (χ0) is 13.0. The lowest BCUT2D eigenvalue weighted by Crippen LogP contribution is -2.08. The number of benzene rings is 1. The van der Waals surface area contributed by atoms with Gasteiger partial charge in [-0.05, 0) is 42.8 Å². The van der Waals surface area contributed by atoms with Crippen molar-refractivity contribution in [1.82, 2.24) is 0 Å². The van der Waals surface area contributed by atoms with Gasteiger partial charge in [-0.1, -0.05) is 6.07 Å². The fraction of sp³-hybridized carbons (Fsp3) is 0.429. The highest BCUT2D eigenvalue weighted by Crippen LogP contribution is 2.31. The van der Waals surface area contributed by atoms with E-state index in [1.54, 1.807) is 24.5 Å². The van der Waals surface area contributed by atoms with E-state index in [1.807, 2.05) is 6.07 Å². The van der Waals surface area contributed by atoms with Gasteiger partial charge in [-0.2, -0.15) is 0 Å². The third kappa shape index (κ3) is 3.28. The highest BCUT2D eigenvalue weighted by atomic mass is 32.1. The van der Waals surface area contributed by atoms with Gasteiger partial charge in [0, 0.05) is 29.3 Å². The predicted octanol–water partition coefficient (Wildman–Crippen LogP) is 3.86. The van der Waals surface area contributed by atoms with Crippen LogP contribution in [-0.4, -0.2) is 13.7 Å². The predicted molar refractivity (Wildman–Crippen MR) is 74.4 cm³/mol. The molecule has 2 aromatic rings. The third-order valence-electron chi connectivity index (χ3n) is 2.98. The highest BCUT2D eigenvalue weighted by Gasteiger charge is 2.10. The monoisotopic (exact) mass is 267 g/mol. The third-order valence-corrected chi connectivity index (χ3v) is 4.21. The quantitative estimate of drug-likeness (QED) is 0.807. The molecule has 0 saturated carbocycles. The van der Waals surface area contributed by atoms with Crippen molar-refractivity contribution in [2.45, 2.75) is 25.3 Å². The maximum Gasteiger partial charge on any atom is 0.124 e. The van der Waals surface area contributed by atoms with Crippen LogP contribution in [0.3, 0.4) is 0 Å². The number of methoxy groups -OCH3 is 1. The first-order valence-corrected chi connectivity index (χ1v) is 6.96. The van der Waals surface area contributed by atoms with E-state index in [1.165, 1.54) is 6.07 Å². The van der Waals surface area contributed by atoms with Gasteiger partial charge in [-0.3, -0.25) is 0 Å². The molecule has 0 radical (unpaired) electrons. The largest absolute Gasteiger partial charge is 0.385 e. The molecule has 2 rings (SSSR count). The summed E-state index contributed by atoms with van der Waals surface area (Å²) in [4.78, 5) is 1.13. The average Bonchev–Trinajstić information content (AvgIpc) is 2.77. The molecule has 4 heteroatoms. The van der Waals surface area contributed by atoms with Crippen molar-refractivity contribution >= 4 is 21.4 Å². The highest BCUT2D eigenvalue weighted by molar-refractivity contribution is 7.19. The number of thiophene rings is 1. The number of hydrogen-bond acceptors (Lipinski definition) is 3. The molecule has 0 fully saturated rings. The van der Waals surface area contributed by atoms with Gasteiger partial charge in [0.25, 0.3) is 0 Å². The van der Waals surface area contributed by atoms with E-state index >= 15 is 0 Å². The molecule has 0 aliphatic rings. The van der Waals surface area contributed by atoms with Gasteiger partial charge in [0.1, 0.15) is 5.82 Å². The second kappa shape index (κ2) is 6.27. The fourth-order valence-corrected chi connectivity index (χ4v) is 3.09. The molecule has 0 saturated heterocycles. The summed E-state index contributed by atoms with van der Waals surface area (Å²) in [6, 6.07) is 6.98. The first-order valence-electron chi connectivity index (χ1n) is 6.14. The molecule has 2 N–H and O–H groups in total. The van der Waals surface area contributed by atoms with Crippen LogP contribution in [0, 0.1) is 5.82 Å². The molecule has 0 aliphatic heterocycles. The van der Waals surface area contributed by atoms with Crippen LogP contribution >= 0.6 is 11.3 Å². The summed E-state index contributed by atoms with van der Waals surface area (Å²) in [5.74, 6) is -0.190. The zero-order valence-corrected chi connectivity index (χ0v) is 11.3. The van der Waals surface area contributed by atoms with Crippen molar-refractivity contribution in [3.05, 3.63) is 35.0 Å². The molecule has 2 nitrogen and oxygen atoms in total. The van der Waals surface area contributed by atoms with Crippen LogP contribution < -0.4 is 5.73 Å². The maximum atomic E-state index is 13.1. The van der Waals surface area contributed by atoms with Crippen LogP contribution in [-0.2, 0) is 4.74 Å². The van der Waals surface area contributed by atoms with E-state index in [9.17, 15) is 4.39 Å². The molecule has 1 heterocycles. The van der Waals surface area contributed by atoms with Crippen LogP contribution in [0.5, 0.6) is 0 Å². The van der Waals surface area contributed by atoms with E-state index in [0.717, 1.165) is 40.8 Å². The number of unbranched alkanes of at least 4 members (excludes halogenated alkanes) is 1. The Hall–Kier alpha value is -0.970. The summed E-state index contributed by atoms with van der Waals surface area (Å²) in [7, 11) is 1.71. The SMILES string of the molecule is COCCCCC(N)c1cc2ccc(F)cc2s1. The molecule has 18 heavy (non-hydrogen) atoms. The molecule has 0 bridgehead atoms. The summed E-state index contributed by atoms with van der Waals surface area (Å²) in [6.45, 7) is 0.782. The zero-order valence-electron chi connectivity index (χ0n) is 10.5. The summed E-state index contributed by atoms with van der Waals surface area (Å²) in [5.41, 5.74) is 6.15. The smallest absolute Gasteiger partial charge is 0.124 e. The van der Waals surface area contributed by atoms with E-state index in [0.29, 0.717) is 0 Å².